The Balaban J connectivity index is 1.82. The fourth-order valence-corrected chi connectivity index (χ4v) is 3.27. The molecule has 158 valence electrons. The maximum atomic E-state index is 12.9. The summed E-state index contributed by atoms with van der Waals surface area (Å²) in [5.74, 6) is -0.980. The number of nitrogens with two attached hydrogens (primary N) is 1. The largest absolute Gasteiger partial charge is 0.507 e. The van der Waals surface area contributed by atoms with Gasteiger partial charge in [-0.15, -0.1) is 0 Å². The number of phenolic OH excluding ortho intramolecular Hbond substituents is 1. The molecule has 3 aromatic carbocycles. The Kier molecular flexibility index (Phi) is 5.31. The summed E-state index contributed by atoms with van der Waals surface area (Å²) >= 11 is 0. The molecule has 3 aromatic rings. The van der Waals surface area contributed by atoms with Crippen LogP contribution in [0.5, 0.6) is 5.75 Å². The molecule has 12 heteroatoms. The van der Waals surface area contributed by atoms with Gasteiger partial charge < -0.3 is 15.7 Å². The summed E-state index contributed by atoms with van der Waals surface area (Å²) in [5, 5.41) is 19.5. The van der Waals surface area contributed by atoms with Gasteiger partial charge in [0.25, 0.3) is 10.9 Å². The van der Waals surface area contributed by atoms with Crippen LogP contribution in [0.4, 0.5) is 30.2 Å². The molecule has 0 unspecified atom stereocenters. The fourth-order valence-electron chi connectivity index (χ4n) is 2.69. The summed E-state index contributed by atoms with van der Waals surface area (Å²) in [6.45, 7) is -0.0493. The molecule has 0 amide bonds. The smallest absolute Gasteiger partial charge is 0.420 e. The van der Waals surface area contributed by atoms with Crippen LogP contribution >= 0.6 is 0 Å². The van der Waals surface area contributed by atoms with E-state index in [1.54, 1.807) is 6.07 Å². The molecule has 8 nitrogen and oxygen atoms in total. The Morgan fingerprint density at radius 3 is 2.30 bits per heavy atom. The minimum absolute atomic E-state index is 0.0493. The Hall–Kier alpha value is -3.38. The number of hydrogen-bond donors (Lipinski definition) is 4. The van der Waals surface area contributed by atoms with Gasteiger partial charge in [-0.1, -0.05) is 12.1 Å². The molecular formula is C18H14F3N3O5S. The van der Waals surface area contributed by atoms with E-state index in [-0.39, 0.29) is 28.5 Å². The monoisotopic (exact) mass is 441 g/mol. The topological polar surface area (TPSA) is 139 Å². The van der Waals surface area contributed by atoms with Crippen LogP contribution in [-0.4, -0.2) is 13.5 Å². The molecule has 0 saturated carbocycles. The maximum Gasteiger partial charge on any atom is 0.420 e. The highest BCUT2D eigenvalue weighted by Gasteiger charge is 2.34. The third-order valence-electron chi connectivity index (χ3n) is 4.18. The van der Waals surface area contributed by atoms with Gasteiger partial charge in [-0.25, -0.2) is 13.6 Å². The van der Waals surface area contributed by atoms with E-state index >= 15 is 0 Å². The van der Waals surface area contributed by atoms with Gasteiger partial charge in [-0.2, -0.15) is 13.2 Å². The normalized spacial score (nSPS) is 12.1. The molecule has 0 aliphatic carbocycles. The molecule has 0 aliphatic rings. The number of phenols is 1. The minimum Gasteiger partial charge on any atom is -0.507 e. The lowest BCUT2D eigenvalue weighted by atomic mass is 10.1. The molecule has 0 bridgehead atoms. The third kappa shape index (κ3) is 4.28. The summed E-state index contributed by atoms with van der Waals surface area (Å²) in [7, 11) is -3.93. The number of halogens is 3. The first kappa shape index (κ1) is 21.3. The SMILES string of the molecule is NS(=O)(=O)c1cccc(CNc2c(Nc3ccc(O)c(C(F)(F)F)c3)c(=O)c2=O)c1. The first-order chi connectivity index (χ1) is 13.9. The summed E-state index contributed by atoms with van der Waals surface area (Å²) in [5.41, 5.74) is -3.26. The van der Waals surface area contributed by atoms with Crippen LogP contribution in [0.2, 0.25) is 0 Å². The molecule has 0 aromatic heterocycles. The number of hydrogen-bond acceptors (Lipinski definition) is 7. The molecule has 0 spiro atoms. The van der Waals surface area contributed by atoms with Crippen molar-refractivity contribution in [1.82, 2.24) is 0 Å². The number of nitrogens with one attached hydrogen (secondary N) is 2. The van der Waals surface area contributed by atoms with Gasteiger partial charge in [0.2, 0.25) is 10.0 Å². The Bertz CT molecular complexity index is 1300. The van der Waals surface area contributed by atoms with E-state index < -0.39 is 38.4 Å². The molecular weight excluding hydrogens is 427 g/mol. The van der Waals surface area contributed by atoms with Gasteiger partial charge in [-0.05, 0) is 35.9 Å². The van der Waals surface area contributed by atoms with E-state index in [0.29, 0.717) is 11.6 Å². The minimum atomic E-state index is -4.81. The van der Waals surface area contributed by atoms with E-state index in [9.17, 15) is 36.3 Å². The summed E-state index contributed by atoms with van der Waals surface area (Å²) in [4.78, 5) is 23.5. The van der Waals surface area contributed by atoms with Crippen molar-refractivity contribution in [3.8, 4) is 5.75 Å². The lowest BCUT2D eigenvalue weighted by molar-refractivity contribution is -0.138. The van der Waals surface area contributed by atoms with Gasteiger partial charge in [0.15, 0.2) is 0 Å². The number of anilines is 3. The van der Waals surface area contributed by atoms with E-state index in [2.05, 4.69) is 10.6 Å². The second kappa shape index (κ2) is 7.46. The Morgan fingerprint density at radius 1 is 1.00 bits per heavy atom. The van der Waals surface area contributed by atoms with Crippen LogP contribution in [0, 0.1) is 0 Å². The lowest BCUT2D eigenvalue weighted by Crippen LogP contribution is -2.36. The van der Waals surface area contributed by atoms with Crippen LogP contribution < -0.4 is 26.6 Å². The van der Waals surface area contributed by atoms with Crippen LogP contribution in [0.3, 0.4) is 0 Å². The van der Waals surface area contributed by atoms with Crippen molar-refractivity contribution in [2.24, 2.45) is 5.14 Å². The average molecular weight is 441 g/mol. The molecule has 0 aliphatic heterocycles. The van der Waals surface area contributed by atoms with E-state index in [1.165, 1.54) is 18.2 Å². The average Bonchev–Trinajstić information content (AvgIpc) is 2.66. The summed E-state index contributed by atoms with van der Waals surface area (Å²) in [6, 6.07) is 8.07. The van der Waals surface area contributed by atoms with Crippen molar-refractivity contribution in [3.63, 3.8) is 0 Å². The highest BCUT2D eigenvalue weighted by Crippen LogP contribution is 2.37. The van der Waals surface area contributed by atoms with Crippen molar-refractivity contribution in [2.45, 2.75) is 17.6 Å². The predicted molar refractivity (Wildman–Crippen MR) is 103 cm³/mol. The van der Waals surface area contributed by atoms with Gasteiger partial charge in [0, 0.05) is 12.2 Å². The number of alkyl halides is 3. The van der Waals surface area contributed by atoms with Crippen molar-refractivity contribution in [3.05, 3.63) is 74.0 Å². The predicted octanol–water partition coefficient (Wildman–Crippen LogP) is 2.01. The number of primary sulfonamides is 1. The van der Waals surface area contributed by atoms with Gasteiger partial charge in [-0.3, -0.25) is 9.59 Å². The first-order valence-corrected chi connectivity index (χ1v) is 9.78. The van der Waals surface area contributed by atoms with Crippen molar-refractivity contribution in [2.75, 3.05) is 10.6 Å². The molecule has 3 rings (SSSR count). The van der Waals surface area contributed by atoms with Crippen molar-refractivity contribution in [1.29, 1.82) is 0 Å². The number of benzene rings is 2. The number of aromatic hydroxyl groups is 1. The van der Waals surface area contributed by atoms with Crippen LogP contribution in [0.25, 0.3) is 0 Å². The Morgan fingerprint density at radius 2 is 1.67 bits per heavy atom. The zero-order valence-corrected chi connectivity index (χ0v) is 15.8. The zero-order chi connectivity index (χ0) is 22.3. The van der Waals surface area contributed by atoms with Crippen LogP contribution in [-0.2, 0) is 22.7 Å². The summed E-state index contributed by atoms with van der Waals surface area (Å²) in [6.07, 6.45) is -4.81. The molecule has 0 fully saturated rings. The van der Waals surface area contributed by atoms with Gasteiger partial charge in [0.05, 0.1) is 10.5 Å². The number of rotatable bonds is 6. The summed E-state index contributed by atoms with van der Waals surface area (Å²) < 4.78 is 61.6. The number of sulfonamides is 1. The second-order valence-corrected chi connectivity index (χ2v) is 7.87. The van der Waals surface area contributed by atoms with Crippen molar-refractivity contribution < 1.29 is 26.7 Å². The molecule has 0 radical (unpaired) electrons. The van der Waals surface area contributed by atoms with Crippen molar-refractivity contribution >= 4 is 27.1 Å². The lowest BCUT2D eigenvalue weighted by Gasteiger charge is -2.16. The highest BCUT2D eigenvalue weighted by atomic mass is 32.2. The van der Waals surface area contributed by atoms with E-state index in [1.807, 2.05) is 0 Å². The first-order valence-electron chi connectivity index (χ1n) is 8.24. The van der Waals surface area contributed by atoms with Crippen LogP contribution in [0.1, 0.15) is 11.1 Å². The van der Waals surface area contributed by atoms with Gasteiger partial charge in [0.1, 0.15) is 17.1 Å². The molecule has 0 atom stereocenters. The Labute approximate surface area is 167 Å². The molecule has 0 heterocycles. The molecule has 0 saturated heterocycles. The standard InChI is InChI=1S/C18H14F3N3O5S/c19-18(20,21)12-7-10(4-5-13(12)25)24-15-14(16(26)17(15)27)23-8-9-2-1-3-11(6-9)30(22,28)29/h1-7,23-25H,8H2,(H2,22,28,29). The quantitative estimate of drug-likeness (QED) is 0.339. The van der Waals surface area contributed by atoms with E-state index in [4.69, 9.17) is 5.14 Å². The fraction of sp³-hybridized carbons (Fsp3) is 0.111. The molecule has 5 N–H and O–H groups in total. The zero-order valence-electron chi connectivity index (χ0n) is 14.9. The second-order valence-electron chi connectivity index (χ2n) is 6.31. The molecule has 30 heavy (non-hydrogen) atoms. The van der Waals surface area contributed by atoms with Gasteiger partial charge >= 0.3 is 6.18 Å². The highest BCUT2D eigenvalue weighted by molar-refractivity contribution is 7.89. The van der Waals surface area contributed by atoms with Crippen LogP contribution in [0.15, 0.2) is 56.9 Å². The third-order valence-corrected chi connectivity index (χ3v) is 5.09. The maximum absolute atomic E-state index is 12.9. The van der Waals surface area contributed by atoms with E-state index in [0.717, 1.165) is 12.1 Å².